The highest BCUT2D eigenvalue weighted by Gasteiger charge is 2.46. The quantitative estimate of drug-likeness (QED) is 0.610. The number of hydrogen-bond donors (Lipinski definition) is 3. The molecule has 1 atom stereocenters. The lowest BCUT2D eigenvalue weighted by Gasteiger charge is -2.43. The Morgan fingerprint density at radius 3 is 2.86 bits per heavy atom. The molecular formula is C21H25N5O3. The highest BCUT2D eigenvalue weighted by atomic mass is 16.3. The van der Waals surface area contributed by atoms with Gasteiger partial charge in [-0.15, -0.1) is 12.3 Å². The number of likely N-dealkylation sites (N-methyl/N-ethyl adjacent to an activating group) is 1. The van der Waals surface area contributed by atoms with E-state index in [1.807, 2.05) is 25.1 Å². The van der Waals surface area contributed by atoms with Gasteiger partial charge in [-0.05, 0) is 38.0 Å². The van der Waals surface area contributed by atoms with Gasteiger partial charge in [0.25, 0.3) is 5.91 Å². The van der Waals surface area contributed by atoms with E-state index in [0.29, 0.717) is 36.5 Å². The van der Waals surface area contributed by atoms with Gasteiger partial charge < -0.3 is 15.3 Å². The number of aromatic nitrogens is 3. The number of terminal acetylenes is 1. The molecule has 29 heavy (non-hydrogen) atoms. The molecular weight excluding hydrogens is 370 g/mol. The normalized spacial score (nSPS) is 21.5. The summed E-state index contributed by atoms with van der Waals surface area (Å²) in [5.41, 5.74) is 0.664. The molecule has 2 heterocycles. The van der Waals surface area contributed by atoms with Crippen molar-refractivity contribution in [2.24, 2.45) is 5.92 Å². The minimum absolute atomic E-state index is 0.0487. The maximum atomic E-state index is 12.6. The van der Waals surface area contributed by atoms with Gasteiger partial charge in [0, 0.05) is 38.2 Å². The van der Waals surface area contributed by atoms with Crippen LogP contribution >= 0.6 is 0 Å². The summed E-state index contributed by atoms with van der Waals surface area (Å²) in [6.07, 6.45) is 7.93. The summed E-state index contributed by atoms with van der Waals surface area (Å²) in [5.74, 6) is 1.86. The predicted molar refractivity (Wildman–Crippen MR) is 108 cm³/mol. The summed E-state index contributed by atoms with van der Waals surface area (Å²) in [6, 6.07) is 6.90. The number of H-pyrrole nitrogens is 1. The summed E-state index contributed by atoms with van der Waals surface area (Å²) in [4.78, 5) is 30.8. The zero-order chi connectivity index (χ0) is 21.0. The fourth-order valence-corrected chi connectivity index (χ4v) is 3.43. The average molecular weight is 395 g/mol. The molecule has 0 radical (unpaired) electrons. The SMILES string of the molecule is C#CCC1(O)CC(C(=O)N(C)C(C)CNC(=O)c2cc(-c3ccccn3)n[nH]2)C1. The Labute approximate surface area is 169 Å². The number of aliphatic hydroxyl groups is 1. The second kappa shape index (κ2) is 8.45. The Morgan fingerprint density at radius 1 is 1.45 bits per heavy atom. The van der Waals surface area contributed by atoms with E-state index in [2.05, 4.69) is 26.4 Å². The van der Waals surface area contributed by atoms with Gasteiger partial charge in [-0.2, -0.15) is 5.10 Å². The molecule has 0 spiro atoms. The molecule has 0 saturated heterocycles. The molecule has 152 valence electrons. The lowest BCUT2D eigenvalue weighted by Crippen LogP contribution is -2.53. The molecule has 1 aliphatic rings. The first-order valence-electron chi connectivity index (χ1n) is 9.50. The van der Waals surface area contributed by atoms with E-state index in [9.17, 15) is 14.7 Å². The van der Waals surface area contributed by atoms with Crippen LogP contribution in [0.5, 0.6) is 0 Å². The first-order chi connectivity index (χ1) is 13.8. The van der Waals surface area contributed by atoms with Gasteiger partial charge >= 0.3 is 0 Å². The zero-order valence-corrected chi connectivity index (χ0v) is 16.6. The Bertz CT molecular complexity index is 912. The molecule has 0 bridgehead atoms. The lowest BCUT2D eigenvalue weighted by atomic mass is 9.68. The van der Waals surface area contributed by atoms with Crippen LogP contribution in [0.3, 0.4) is 0 Å². The third-order valence-electron chi connectivity index (χ3n) is 5.35. The van der Waals surface area contributed by atoms with Crippen molar-refractivity contribution in [1.29, 1.82) is 0 Å². The van der Waals surface area contributed by atoms with Crippen LogP contribution in [-0.4, -0.2) is 62.2 Å². The number of nitrogens with zero attached hydrogens (tertiary/aromatic N) is 3. The number of amides is 2. The summed E-state index contributed by atoms with van der Waals surface area (Å²) >= 11 is 0. The topological polar surface area (TPSA) is 111 Å². The van der Waals surface area contributed by atoms with Crippen LogP contribution in [0.15, 0.2) is 30.5 Å². The van der Waals surface area contributed by atoms with Crippen molar-refractivity contribution in [2.75, 3.05) is 13.6 Å². The highest BCUT2D eigenvalue weighted by molar-refractivity contribution is 5.93. The predicted octanol–water partition coefficient (Wildman–Crippen LogP) is 1.21. The van der Waals surface area contributed by atoms with Crippen molar-refractivity contribution < 1.29 is 14.7 Å². The second-order valence-electron chi connectivity index (χ2n) is 7.60. The van der Waals surface area contributed by atoms with Crippen LogP contribution in [0.1, 0.15) is 36.7 Å². The molecule has 8 nitrogen and oxygen atoms in total. The highest BCUT2D eigenvalue weighted by Crippen LogP contribution is 2.41. The van der Waals surface area contributed by atoms with Gasteiger partial charge in [-0.3, -0.25) is 19.7 Å². The van der Waals surface area contributed by atoms with Crippen LogP contribution in [0, 0.1) is 18.3 Å². The van der Waals surface area contributed by atoms with Crippen LogP contribution in [0.4, 0.5) is 0 Å². The number of carbonyl (C=O) groups excluding carboxylic acids is 2. The maximum absolute atomic E-state index is 12.6. The number of aromatic amines is 1. The molecule has 2 aromatic rings. The molecule has 8 heteroatoms. The molecule has 0 aliphatic heterocycles. The molecule has 2 amide bonds. The number of nitrogens with one attached hydrogen (secondary N) is 2. The molecule has 1 aliphatic carbocycles. The molecule has 1 saturated carbocycles. The molecule has 1 fully saturated rings. The standard InChI is InChI=1S/C21H25N5O3/c1-4-8-21(29)11-15(12-21)20(28)26(3)14(2)13-23-19(27)18-10-17(24-25-18)16-7-5-6-9-22-16/h1,5-7,9-10,14-15,29H,8,11-13H2,2-3H3,(H,23,27)(H,24,25). The van der Waals surface area contributed by atoms with Gasteiger partial charge in [0.1, 0.15) is 11.4 Å². The van der Waals surface area contributed by atoms with Crippen LogP contribution in [0.2, 0.25) is 0 Å². The van der Waals surface area contributed by atoms with Crippen molar-refractivity contribution in [3.63, 3.8) is 0 Å². The fraction of sp³-hybridized carbons (Fsp3) is 0.429. The van der Waals surface area contributed by atoms with Crippen molar-refractivity contribution in [1.82, 2.24) is 25.4 Å². The van der Waals surface area contributed by atoms with Gasteiger partial charge in [-0.25, -0.2) is 0 Å². The van der Waals surface area contributed by atoms with E-state index in [-0.39, 0.29) is 30.2 Å². The van der Waals surface area contributed by atoms with Crippen molar-refractivity contribution in [3.8, 4) is 23.7 Å². The van der Waals surface area contributed by atoms with E-state index in [1.54, 1.807) is 24.2 Å². The molecule has 3 rings (SSSR count). The van der Waals surface area contributed by atoms with Crippen molar-refractivity contribution in [3.05, 3.63) is 36.2 Å². The molecule has 2 aromatic heterocycles. The number of carbonyl (C=O) groups is 2. The zero-order valence-electron chi connectivity index (χ0n) is 16.6. The first-order valence-corrected chi connectivity index (χ1v) is 9.50. The largest absolute Gasteiger partial charge is 0.389 e. The summed E-state index contributed by atoms with van der Waals surface area (Å²) < 4.78 is 0. The smallest absolute Gasteiger partial charge is 0.269 e. The third kappa shape index (κ3) is 4.63. The average Bonchev–Trinajstić information content (AvgIpc) is 3.20. The fourth-order valence-electron chi connectivity index (χ4n) is 3.43. The Kier molecular flexibility index (Phi) is 5.99. The van der Waals surface area contributed by atoms with Gasteiger partial charge in [0.2, 0.25) is 5.91 Å². The van der Waals surface area contributed by atoms with Crippen molar-refractivity contribution >= 4 is 11.8 Å². The summed E-state index contributed by atoms with van der Waals surface area (Å²) in [5, 5.41) is 19.8. The Morgan fingerprint density at radius 2 is 2.21 bits per heavy atom. The van der Waals surface area contributed by atoms with E-state index >= 15 is 0 Å². The van der Waals surface area contributed by atoms with E-state index < -0.39 is 5.60 Å². The lowest BCUT2D eigenvalue weighted by molar-refractivity contribution is -0.151. The summed E-state index contributed by atoms with van der Waals surface area (Å²) in [6.45, 7) is 2.15. The first kappa shape index (κ1) is 20.6. The monoisotopic (exact) mass is 395 g/mol. The minimum atomic E-state index is -0.917. The van der Waals surface area contributed by atoms with Crippen LogP contribution < -0.4 is 5.32 Å². The number of rotatable bonds is 7. The third-order valence-corrected chi connectivity index (χ3v) is 5.35. The Balaban J connectivity index is 1.49. The summed E-state index contributed by atoms with van der Waals surface area (Å²) in [7, 11) is 1.70. The van der Waals surface area contributed by atoms with Crippen molar-refractivity contribution in [2.45, 2.75) is 37.8 Å². The van der Waals surface area contributed by atoms with E-state index in [0.717, 1.165) is 0 Å². The maximum Gasteiger partial charge on any atom is 0.269 e. The van der Waals surface area contributed by atoms with Gasteiger partial charge in [0.05, 0.1) is 11.3 Å². The number of pyridine rings is 1. The molecule has 0 aromatic carbocycles. The van der Waals surface area contributed by atoms with Crippen LogP contribution in [-0.2, 0) is 4.79 Å². The van der Waals surface area contributed by atoms with Gasteiger partial charge in [-0.1, -0.05) is 6.07 Å². The number of hydrogen-bond acceptors (Lipinski definition) is 5. The second-order valence-corrected chi connectivity index (χ2v) is 7.60. The minimum Gasteiger partial charge on any atom is -0.389 e. The van der Waals surface area contributed by atoms with Gasteiger partial charge in [0.15, 0.2) is 0 Å². The van der Waals surface area contributed by atoms with E-state index in [1.165, 1.54) is 0 Å². The Hall–Kier alpha value is -3.18. The molecule has 3 N–H and O–H groups in total. The van der Waals surface area contributed by atoms with Crippen LogP contribution in [0.25, 0.3) is 11.4 Å². The molecule has 1 unspecified atom stereocenters. The van der Waals surface area contributed by atoms with E-state index in [4.69, 9.17) is 6.42 Å².